The predicted octanol–water partition coefficient (Wildman–Crippen LogP) is 3.02. The zero-order valence-electron chi connectivity index (χ0n) is 11.9. The number of nitrogens with zero attached hydrogens (tertiary/aromatic N) is 2. The quantitative estimate of drug-likeness (QED) is 0.943. The topological polar surface area (TPSA) is 75.4 Å². The van der Waals surface area contributed by atoms with Crippen LogP contribution in [0.2, 0.25) is 5.02 Å². The Morgan fingerprint density at radius 2 is 2.23 bits per heavy atom. The first-order valence-electron chi connectivity index (χ1n) is 6.89. The van der Waals surface area contributed by atoms with Crippen molar-refractivity contribution in [1.82, 2.24) is 5.16 Å². The van der Waals surface area contributed by atoms with Crippen molar-refractivity contribution in [3.05, 3.63) is 40.7 Å². The lowest BCUT2D eigenvalue weighted by atomic mass is 10.2. The van der Waals surface area contributed by atoms with Crippen molar-refractivity contribution in [2.45, 2.75) is 19.8 Å². The molecule has 1 aromatic heterocycles. The minimum atomic E-state index is -0.401. The molecule has 0 saturated carbocycles. The number of rotatable bonds is 3. The molecule has 0 atom stereocenters. The minimum Gasteiger partial charge on any atom is -0.351 e. The summed E-state index contributed by atoms with van der Waals surface area (Å²) in [4.78, 5) is 25.4. The lowest BCUT2D eigenvalue weighted by molar-refractivity contribution is -0.117. The van der Waals surface area contributed by atoms with Crippen LogP contribution in [0.5, 0.6) is 0 Å². The van der Waals surface area contributed by atoms with E-state index < -0.39 is 5.91 Å². The first-order valence-corrected chi connectivity index (χ1v) is 7.27. The molecule has 0 spiro atoms. The molecule has 22 heavy (non-hydrogen) atoms. The standard InChI is InChI=1S/C15H14ClN3O3/c1-9-7-13(22-18-9)15(21)17-10-4-5-12(11(16)8-10)19-6-2-3-14(19)20/h4-5,7-8H,2-3,6H2,1H3,(H,17,21). The van der Waals surface area contributed by atoms with Gasteiger partial charge in [0.25, 0.3) is 5.91 Å². The monoisotopic (exact) mass is 319 g/mol. The van der Waals surface area contributed by atoms with E-state index in [1.54, 1.807) is 36.1 Å². The summed E-state index contributed by atoms with van der Waals surface area (Å²) in [6.45, 7) is 2.40. The van der Waals surface area contributed by atoms with Gasteiger partial charge in [-0.25, -0.2) is 0 Å². The van der Waals surface area contributed by atoms with Crippen molar-refractivity contribution in [2.75, 3.05) is 16.8 Å². The van der Waals surface area contributed by atoms with Gasteiger partial charge in [-0.15, -0.1) is 0 Å². The van der Waals surface area contributed by atoms with Gasteiger partial charge in [-0.05, 0) is 31.5 Å². The predicted molar refractivity (Wildman–Crippen MR) is 82.2 cm³/mol. The van der Waals surface area contributed by atoms with Crippen LogP contribution in [0.3, 0.4) is 0 Å². The van der Waals surface area contributed by atoms with Gasteiger partial charge in [0.2, 0.25) is 11.7 Å². The SMILES string of the molecule is Cc1cc(C(=O)Nc2ccc(N3CCCC3=O)c(Cl)c2)on1. The van der Waals surface area contributed by atoms with Crippen molar-refractivity contribution in [2.24, 2.45) is 0 Å². The Morgan fingerprint density at radius 1 is 1.41 bits per heavy atom. The van der Waals surface area contributed by atoms with Crippen LogP contribution in [0.15, 0.2) is 28.8 Å². The van der Waals surface area contributed by atoms with Gasteiger partial charge in [-0.2, -0.15) is 0 Å². The van der Waals surface area contributed by atoms with Crippen LogP contribution in [-0.4, -0.2) is 23.5 Å². The summed E-state index contributed by atoms with van der Waals surface area (Å²) in [6, 6.07) is 6.60. The molecule has 0 radical (unpaired) electrons. The van der Waals surface area contributed by atoms with Crippen LogP contribution >= 0.6 is 11.6 Å². The van der Waals surface area contributed by atoms with Crippen molar-refractivity contribution in [3.63, 3.8) is 0 Å². The third-order valence-corrected chi connectivity index (χ3v) is 3.72. The van der Waals surface area contributed by atoms with Crippen molar-refractivity contribution >= 4 is 34.8 Å². The molecule has 1 aromatic carbocycles. The molecule has 1 fully saturated rings. The lowest BCUT2D eigenvalue weighted by Gasteiger charge is -2.17. The number of halogens is 1. The van der Waals surface area contributed by atoms with Gasteiger partial charge in [0.1, 0.15) is 0 Å². The molecule has 6 nitrogen and oxygen atoms in total. The number of anilines is 2. The van der Waals surface area contributed by atoms with Gasteiger partial charge < -0.3 is 14.7 Å². The second kappa shape index (κ2) is 5.81. The van der Waals surface area contributed by atoms with Gasteiger partial charge in [0, 0.05) is 24.7 Å². The fourth-order valence-electron chi connectivity index (χ4n) is 2.37. The summed E-state index contributed by atoms with van der Waals surface area (Å²) in [5, 5.41) is 6.76. The molecule has 0 bridgehead atoms. The molecule has 2 amide bonds. The first kappa shape index (κ1) is 14.6. The molecular formula is C15H14ClN3O3. The summed E-state index contributed by atoms with van der Waals surface area (Å²) in [7, 11) is 0. The number of amides is 2. The average Bonchev–Trinajstić information content (AvgIpc) is 3.08. The van der Waals surface area contributed by atoms with E-state index in [1.165, 1.54) is 0 Å². The highest BCUT2D eigenvalue weighted by Gasteiger charge is 2.23. The van der Waals surface area contributed by atoms with E-state index in [0.29, 0.717) is 35.1 Å². The average molecular weight is 320 g/mol. The Balaban J connectivity index is 1.77. The summed E-state index contributed by atoms with van der Waals surface area (Å²) < 4.78 is 4.90. The summed E-state index contributed by atoms with van der Waals surface area (Å²) >= 11 is 6.23. The minimum absolute atomic E-state index is 0.0656. The van der Waals surface area contributed by atoms with E-state index in [2.05, 4.69) is 10.5 Å². The normalized spacial score (nSPS) is 14.5. The fraction of sp³-hybridized carbons (Fsp3) is 0.267. The lowest BCUT2D eigenvalue weighted by Crippen LogP contribution is -2.24. The van der Waals surface area contributed by atoms with Gasteiger partial charge in [-0.3, -0.25) is 9.59 Å². The van der Waals surface area contributed by atoms with E-state index in [9.17, 15) is 9.59 Å². The van der Waals surface area contributed by atoms with E-state index in [1.807, 2.05) is 0 Å². The van der Waals surface area contributed by atoms with Gasteiger partial charge >= 0.3 is 0 Å². The van der Waals surface area contributed by atoms with Crippen molar-refractivity contribution in [3.8, 4) is 0 Å². The Hall–Kier alpha value is -2.34. The largest absolute Gasteiger partial charge is 0.351 e. The van der Waals surface area contributed by atoms with Crippen LogP contribution in [0.1, 0.15) is 29.1 Å². The molecule has 1 aliphatic rings. The number of hydrogen-bond acceptors (Lipinski definition) is 4. The smallest absolute Gasteiger partial charge is 0.294 e. The summed E-state index contributed by atoms with van der Waals surface area (Å²) in [6.07, 6.45) is 1.37. The number of benzene rings is 1. The molecule has 2 heterocycles. The Morgan fingerprint density at radius 3 is 2.82 bits per heavy atom. The highest BCUT2D eigenvalue weighted by Crippen LogP contribution is 2.31. The van der Waals surface area contributed by atoms with E-state index in [0.717, 1.165) is 6.42 Å². The van der Waals surface area contributed by atoms with Crippen molar-refractivity contribution < 1.29 is 14.1 Å². The van der Waals surface area contributed by atoms with Crippen LogP contribution < -0.4 is 10.2 Å². The van der Waals surface area contributed by atoms with Gasteiger partial charge in [0.15, 0.2) is 0 Å². The third kappa shape index (κ3) is 2.82. The zero-order chi connectivity index (χ0) is 15.7. The van der Waals surface area contributed by atoms with E-state index >= 15 is 0 Å². The second-order valence-corrected chi connectivity index (χ2v) is 5.51. The first-order chi connectivity index (χ1) is 10.5. The van der Waals surface area contributed by atoms with Gasteiger partial charge in [-0.1, -0.05) is 16.8 Å². The zero-order valence-corrected chi connectivity index (χ0v) is 12.7. The van der Waals surface area contributed by atoms with E-state index in [-0.39, 0.29) is 11.7 Å². The third-order valence-electron chi connectivity index (χ3n) is 3.42. The Kier molecular flexibility index (Phi) is 3.85. The molecule has 1 N–H and O–H groups in total. The summed E-state index contributed by atoms with van der Waals surface area (Å²) in [5.41, 5.74) is 1.82. The molecule has 1 saturated heterocycles. The van der Waals surface area contributed by atoms with Crippen LogP contribution in [0.4, 0.5) is 11.4 Å². The molecule has 0 aliphatic carbocycles. The molecule has 114 valence electrons. The maximum Gasteiger partial charge on any atom is 0.294 e. The fourth-order valence-corrected chi connectivity index (χ4v) is 2.65. The van der Waals surface area contributed by atoms with Crippen LogP contribution in [0, 0.1) is 6.92 Å². The highest BCUT2D eigenvalue weighted by molar-refractivity contribution is 6.34. The maximum atomic E-state index is 12.0. The number of carbonyl (C=O) groups is 2. The number of nitrogens with one attached hydrogen (secondary N) is 1. The van der Waals surface area contributed by atoms with Gasteiger partial charge in [0.05, 0.1) is 16.4 Å². The number of carbonyl (C=O) groups excluding carboxylic acids is 2. The Labute approximate surface area is 132 Å². The number of aryl methyl sites for hydroxylation is 1. The molecule has 0 unspecified atom stereocenters. The molecule has 1 aliphatic heterocycles. The molecular weight excluding hydrogens is 306 g/mol. The van der Waals surface area contributed by atoms with Crippen molar-refractivity contribution in [1.29, 1.82) is 0 Å². The second-order valence-electron chi connectivity index (χ2n) is 5.10. The molecule has 7 heteroatoms. The molecule has 3 rings (SSSR count). The highest BCUT2D eigenvalue weighted by atomic mass is 35.5. The van der Waals surface area contributed by atoms with E-state index in [4.69, 9.17) is 16.1 Å². The van der Waals surface area contributed by atoms with Crippen LogP contribution in [-0.2, 0) is 4.79 Å². The van der Waals surface area contributed by atoms with Crippen LogP contribution in [0.25, 0.3) is 0 Å². The molecule has 2 aromatic rings. The Bertz CT molecular complexity index is 741. The summed E-state index contributed by atoms with van der Waals surface area (Å²) in [5.74, 6) is -0.204. The maximum absolute atomic E-state index is 12.0. The number of aromatic nitrogens is 1. The number of hydrogen-bond donors (Lipinski definition) is 1.